The van der Waals surface area contributed by atoms with Gasteiger partial charge in [0.05, 0.1) is 18.1 Å². The van der Waals surface area contributed by atoms with Crippen LogP contribution in [0.1, 0.15) is 13.8 Å². The lowest BCUT2D eigenvalue weighted by Gasteiger charge is -2.14. The first-order valence-corrected chi connectivity index (χ1v) is 6.72. The quantitative estimate of drug-likeness (QED) is 0.797. The molecule has 2 aromatic heterocycles. The summed E-state index contributed by atoms with van der Waals surface area (Å²) in [6.45, 7) is 5.48. The van der Waals surface area contributed by atoms with E-state index in [2.05, 4.69) is 34.1 Å². The van der Waals surface area contributed by atoms with Crippen LogP contribution in [-0.4, -0.2) is 45.9 Å². The van der Waals surface area contributed by atoms with Crippen molar-refractivity contribution in [3.8, 4) is 0 Å². The monoisotopic (exact) mass is 276 g/mol. The minimum atomic E-state index is -0.574. The molecule has 1 unspecified atom stereocenters. The molecular weight excluding hydrogens is 256 g/mol. The van der Waals surface area contributed by atoms with Crippen LogP contribution < -0.4 is 5.32 Å². The van der Waals surface area contributed by atoms with Gasteiger partial charge in [-0.25, -0.2) is 15.0 Å². The summed E-state index contributed by atoms with van der Waals surface area (Å²) in [5.41, 5.74) is 0.635. The summed E-state index contributed by atoms with van der Waals surface area (Å²) in [6.07, 6.45) is 2.57. The molecule has 2 aromatic rings. The van der Waals surface area contributed by atoms with Gasteiger partial charge in [0, 0.05) is 19.3 Å². The van der Waals surface area contributed by atoms with E-state index in [0.717, 1.165) is 5.39 Å². The number of aliphatic hydroxyl groups excluding tert-OH is 1. The van der Waals surface area contributed by atoms with Crippen molar-refractivity contribution in [2.45, 2.75) is 20.0 Å². The fourth-order valence-corrected chi connectivity index (χ4v) is 1.75. The summed E-state index contributed by atoms with van der Waals surface area (Å²) in [5, 5.41) is 13.8. The SMILES string of the molecule is CC(C)COCC(O)CNc1ncnc2ncccc12. The maximum atomic E-state index is 9.85. The van der Waals surface area contributed by atoms with Gasteiger partial charge in [0.2, 0.25) is 0 Å². The maximum Gasteiger partial charge on any atom is 0.164 e. The van der Waals surface area contributed by atoms with Gasteiger partial charge in [0.1, 0.15) is 12.1 Å². The molecule has 2 heterocycles. The summed E-state index contributed by atoms with van der Waals surface area (Å²) < 4.78 is 5.40. The number of nitrogens with one attached hydrogen (secondary N) is 1. The number of rotatable bonds is 7. The molecule has 0 spiro atoms. The fourth-order valence-electron chi connectivity index (χ4n) is 1.75. The van der Waals surface area contributed by atoms with Crippen molar-refractivity contribution in [3.63, 3.8) is 0 Å². The molecule has 0 fully saturated rings. The van der Waals surface area contributed by atoms with E-state index in [0.29, 0.717) is 37.1 Å². The van der Waals surface area contributed by atoms with Crippen LogP contribution in [0.5, 0.6) is 0 Å². The Morgan fingerprint density at radius 3 is 2.90 bits per heavy atom. The third-order valence-corrected chi connectivity index (χ3v) is 2.68. The summed E-state index contributed by atoms with van der Waals surface area (Å²) in [7, 11) is 0. The van der Waals surface area contributed by atoms with Crippen LogP contribution in [0, 0.1) is 5.92 Å². The van der Waals surface area contributed by atoms with E-state index < -0.39 is 6.10 Å². The van der Waals surface area contributed by atoms with Gasteiger partial charge in [-0.2, -0.15) is 0 Å². The zero-order valence-electron chi connectivity index (χ0n) is 11.8. The van der Waals surface area contributed by atoms with E-state index in [1.54, 1.807) is 6.20 Å². The molecule has 2 rings (SSSR count). The highest BCUT2D eigenvalue weighted by Crippen LogP contribution is 2.16. The highest BCUT2D eigenvalue weighted by atomic mass is 16.5. The van der Waals surface area contributed by atoms with E-state index in [4.69, 9.17) is 4.74 Å². The number of pyridine rings is 1. The van der Waals surface area contributed by atoms with Gasteiger partial charge < -0.3 is 15.2 Å². The average Bonchev–Trinajstić information content (AvgIpc) is 2.44. The van der Waals surface area contributed by atoms with Crippen molar-refractivity contribution in [3.05, 3.63) is 24.7 Å². The lowest BCUT2D eigenvalue weighted by atomic mass is 10.2. The van der Waals surface area contributed by atoms with Crippen molar-refractivity contribution in [2.75, 3.05) is 25.1 Å². The second-order valence-electron chi connectivity index (χ2n) is 5.06. The summed E-state index contributed by atoms with van der Waals surface area (Å²) >= 11 is 0. The van der Waals surface area contributed by atoms with Crippen LogP contribution in [0.4, 0.5) is 5.82 Å². The molecule has 0 saturated carbocycles. The first-order chi connectivity index (χ1) is 9.66. The number of fused-ring (bicyclic) bond motifs is 1. The van der Waals surface area contributed by atoms with Gasteiger partial charge in [-0.15, -0.1) is 0 Å². The zero-order valence-corrected chi connectivity index (χ0v) is 11.8. The normalized spacial score (nSPS) is 12.8. The predicted molar refractivity (Wildman–Crippen MR) is 77.5 cm³/mol. The summed E-state index contributed by atoms with van der Waals surface area (Å²) in [4.78, 5) is 12.4. The van der Waals surface area contributed by atoms with E-state index in [1.807, 2.05) is 12.1 Å². The number of nitrogens with zero attached hydrogens (tertiary/aromatic N) is 3. The van der Waals surface area contributed by atoms with Crippen LogP contribution in [0.3, 0.4) is 0 Å². The van der Waals surface area contributed by atoms with Crippen molar-refractivity contribution >= 4 is 16.9 Å². The lowest BCUT2D eigenvalue weighted by Crippen LogP contribution is -2.26. The topological polar surface area (TPSA) is 80.2 Å². The standard InChI is InChI=1S/C14H20N4O2/c1-10(2)7-20-8-11(19)6-16-14-12-4-3-5-15-13(12)17-9-18-14/h3-5,9-11,19H,6-8H2,1-2H3,(H,15,16,17,18). The molecule has 0 bridgehead atoms. The minimum absolute atomic E-state index is 0.312. The van der Waals surface area contributed by atoms with Gasteiger partial charge in [-0.3, -0.25) is 0 Å². The molecule has 0 aliphatic carbocycles. The molecule has 0 aliphatic heterocycles. The third-order valence-electron chi connectivity index (χ3n) is 2.68. The van der Waals surface area contributed by atoms with Gasteiger partial charge in [-0.05, 0) is 18.1 Å². The lowest BCUT2D eigenvalue weighted by molar-refractivity contribution is 0.0317. The second kappa shape index (κ2) is 7.12. The van der Waals surface area contributed by atoms with Crippen LogP contribution in [-0.2, 0) is 4.74 Å². The van der Waals surface area contributed by atoms with E-state index >= 15 is 0 Å². The average molecular weight is 276 g/mol. The number of aromatic nitrogens is 3. The van der Waals surface area contributed by atoms with Gasteiger partial charge >= 0.3 is 0 Å². The van der Waals surface area contributed by atoms with Crippen molar-refractivity contribution < 1.29 is 9.84 Å². The molecule has 1 atom stereocenters. The first-order valence-electron chi connectivity index (χ1n) is 6.72. The Labute approximate surface area is 118 Å². The maximum absolute atomic E-state index is 9.85. The Balaban J connectivity index is 1.89. The summed E-state index contributed by atoms with van der Waals surface area (Å²) in [5.74, 6) is 1.14. The van der Waals surface area contributed by atoms with Crippen molar-refractivity contribution in [1.82, 2.24) is 15.0 Å². The van der Waals surface area contributed by atoms with Gasteiger partial charge in [0.15, 0.2) is 5.65 Å². The van der Waals surface area contributed by atoms with E-state index in [1.165, 1.54) is 6.33 Å². The van der Waals surface area contributed by atoms with Crippen LogP contribution in [0.2, 0.25) is 0 Å². The molecule has 108 valence electrons. The molecule has 0 aliphatic rings. The molecule has 0 amide bonds. The molecule has 0 saturated heterocycles. The van der Waals surface area contributed by atoms with Gasteiger partial charge in [0.25, 0.3) is 0 Å². The Morgan fingerprint density at radius 1 is 1.25 bits per heavy atom. The fraction of sp³-hybridized carbons (Fsp3) is 0.500. The Morgan fingerprint density at radius 2 is 2.10 bits per heavy atom. The van der Waals surface area contributed by atoms with Crippen molar-refractivity contribution in [2.24, 2.45) is 5.92 Å². The number of hydrogen-bond acceptors (Lipinski definition) is 6. The van der Waals surface area contributed by atoms with E-state index in [-0.39, 0.29) is 0 Å². The molecule has 0 radical (unpaired) electrons. The zero-order chi connectivity index (χ0) is 14.4. The molecule has 0 aromatic carbocycles. The predicted octanol–water partition coefficient (Wildman–Crippen LogP) is 1.47. The second-order valence-corrected chi connectivity index (χ2v) is 5.06. The Bertz CT molecular complexity index is 542. The van der Waals surface area contributed by atoms with Crippen LogP contribution in [0.25, 0.3) is 11.0 Å². The summed E-state index contributed by atoms with van der Waals surface area (Å²) in [6, 6.07) is 3.73. The number of ether oxygens (including phenoxy) is 1. The third kappa shape index (κ3) is 4.11. The Kier molecular flexibility index (Phi) is 5.20. The van der Waals surface area contributed by atoms with E-state index in [9.17, 15) is 5.11 Å². The van der Waals surface area contributed by atoms with Crippen LogP contribution in [0.15, 0.2) is 24.7 Å². The Hall–Kier alpha value is -1.79. The van der Waals surface area contributed by atoms with Gasteiger partial charge in [-0.1, -0.05) is 13.8 Å². The van der Waals surface area contributed by atoms with Crippen molar-refractivity contribution in [1.29, 1.82) is 0 Å². The highest BCUT2D eigenvalue weighted by molar-refractivity contribution is 5.85. The molecule has 6 nitrogen and oxygen atoms in total. The highest BCUT2D eigenvalue weighted by Gasteiger charge is 2.08. The molecular formula is C14H20N4O2. The van der Waals surface area contributed by atoms with Crippen LogP contribution >= 0.6 is 0 Å². The number of hydrogen-bond donors (Lipinski definition) is 2. The smallest absolute Gasteiger partial charge is 0.164 e. The molecule has 6 heteroatoms. The number of anilines is 1. The minimum Gasteiger partial charge on any atom is -0.389 e. The largest absolute Gasteiger partial charge is 0.389 e. The molecule has 2 N–H and O–H groups in total. The first kappa shape index (κ1) is 14.6. The molecule has 20 heavy (non-hydrogen) atoms. The number of aliphatic hydroxyl groups is 1.